The van der Waals surface area contributed by atoms with Crippen molar-refractivity contribution in [2.45, 2.75) is 12.3 Å². The van der Waals surface area contributed by atoms with Gasteiger partial charge in [-0.05, 0) is 36.2 Å². The zero-order chi connectivity index (χ0) is 14.8. The van der Waals surface area contributed by atoms with Crippen molar-refractivity contribution in [2.75, 3.05) is 12.3 Å². The molecular weight excluding hydrogens is 348 g/mol. The van der Waals surface area contributed by atoms with Gasteiger partial charge in [-0.15, -0.1) is 11.8 Å². The van der Waals surface area contributed by atoms with Crippen molar-refractivity contribution in [3.05, 3.63) is 52.8 Å². The molecule has 1 atom stereocenters. The number of hydrogen-bond donors (Lipinski definition) is 0. The van der Waals surface area contributed by atoms with E-state index in [9.17, 15) is 4.79 Å². The standard InChI is InChI=1S/C16H15BrN2OS/c1-2-19-15(20)10-21-16(19)14-9-18-8-7-13(14)11-3-5-12(17)6-4-11/h3-9,16H,2,10H2,1H3. The van der Waals surface area contributed by atoms with Crippen molar-refractivity contribution in [3.63, 3.8) is 0 Å². The van der Waals surface area contributed by atoms with E-state index in [1.807, 2.05) is 36.2 Å². The molecule has 21 heavy (non-hydrogen) atoms. The highest BCUT2D eigenvalue weighted by Gasteiger charge is 2.33. The molecule has 2 heterocycles. The van der Waals surface area contributed by atoms with Gasteiger partial charge in [0.05, 0.1) is 5.75 Å². The molecule has 1 fully saturated rings. The van der Waals surface area contributed by atoms with E-state index in [1.54, 1.807) is 18.0 Å². The first-order chi connectivity index (χ1) is 10.2. The Balaban J connectivity index is 2.04. The van der Waals surface area contributed by atoms with Crippen LogP contribution in [0.3, 0.4) is 0 Å². The molecule has 0 N–H and O–H groups in total. The number of carbonyl (C=O) groups excluding carboxylic acids is 1. The Morgan fingerprint density at radius 3 is 2.81 bits per heavy atom. The first-order valence-corrected chi connectivity index (χ1v) is 8.66. The number of pyridine rings is 1. The highest BCUT2D eigenvalue weighted by molar-refractivity contribution is 9.10. The van der Waals surface area contributed by atoms with E-state index in [-0.39, 0.29) is 11.3 Å². The second-order valence-electron chi connectivity index (χ2n) is 4.81. The molecular formula is C16H15BrN2OS. The van der Waals surface area contributed by atoms with E-state index in [0.29, 0.717) is 5.75 Å². The Kier molecular flexibility index (Phi) is 4.31. The van der Waals surface area contributed by atoms with Crippen molar-refractivity contribution >= 4 is 33.6 Å². The van der Waals surface area contributed by atoms with Gasteiger partial charge in [0.2, 0.25) is 5.91 Å². The summed E-state index contributed by atoms with van der Waals surface area (Å²) in [5, 5.41) is 0.0647. The molecule has 1 aliphatic heterocycles. The number of halogens is 1. The van der Waals surface area contributed by atoms with Crippen molar-refractivity contribution in [3.8, 4) is 11.1 Å². The maximum absolute atomic E-state index is 12.0. The molecule has 0 bridgehead atoms. The van der Waals surface area contributed by atoms with Gasteiger partial charge in [0, 0.05) is 29.0 Å². The molecule has 0 radical (unpaired) electrons. The van der Waals surface area contributed by atoms with E-state index >= 15 is 0 Å². The summed E-state index contributed by atoms with van der Waals surface area (Å²) < 4.78 is 1.06. The van der Waals surface area contributed by atoms with Crippen LogP contribution in [0.15, 0.2) is 47.2 Å². The predicted molar refractivity (Wildman–Crippen MR) is 90.0 cm³/mol. The lowest BCUT2D eigenvalue weighted by atomic mass is 10.0. The largest absolute Gasteiger partial charge is 0.326 e. The second-order valence-corrected chi connectivity index (χ2v) is 6.80. The summed E-state index contributed by atoms with van der Waals surface area (Å²) in [6.45, 7) is 2.75. The summed E-state index contributed by atoms with van der Waals surface area (Å²) in [4.78, 5) is 18.1. The maximum atomic E-state index is 12.0. The lowest BCUT2D eigenvalue weighted by Gasteiger charge is -2.24. The predicted octanol–water partition coefficient (Wildman–Crippen LogP) is 4.11. The number of hydrogen-bond acceptors (Lipinski definition) is 3. The van der Waals surface area contributed by atoms with Gasteiger partial charge in [-0.2, -0.15) is 0 Å². The Hall–Kier alpha value is -1.33. The van der Waals surface area contributed by atoms with Gasteiger partial charge in [0.25, 0.3) is 0 Å². The van der Waals surface area contributed by atoms with Crippen molar-refractivity contribution in [1.82, 2.24) is 9.88 Å². The summed E-state index contributed by atoms with van der Waals surface area (Å²) in [5.41, 5.74) is 3.40. The molecule has 5 heteroatoms. The molecule has 2 aromatic rings. The van der Waals surface area contributed by atoms with Gasteiger partial charge in [-0.1, -0.05) is 28.1 Å². The number of aromatic nitrogens is 1. The SMILES string of the molecule is CCN1C(=O)CSC1c1cnccc1-c1ccc(Br)cc1. The zero-order valence-corrected chi connectivity index (χ0v) is 14.0. The third kappa shape index (κ3) is 2.85. The van der Waals surface area contributed by atoms with Gasteiger partial charge in [0.1, 0.15) is 5.37 Å². The van der Waals surface area contributed by atoms with Crippen LogP contribution in [0.25, 0.3) is 11.1 Å². The quantitative estimate of drug-likeness (QED) is 0.823. The van der Waals surface area contributed by atoms with Gasteiger partial charge in [-0.25, -0.2) is 0 Å². The topological polar surface area (TPSA) is 33.2 Å². The zero-order valence-electron chi connectivity index (χ0n) is 11.6. The molecule has 1 saturated heterocycles. The minimum absolute atomic E-state index is 0.0647. The van der Waals surface area contributed by atoms with Crippen molar-refractivity contribution in [1.29, 1.82) is 0 Å². The number of thioether (sulfide) groups is 1. The summed E-state index contributed by atoms with van der Waals surface area (Å²) in [7, 11) is 0. The normalized spacial score (nSPS) is 18.3. The van der Waals surface area contributed by atoms with Crippen LogP contribution in [0, 0.1) is 0 Å². The third-order valence-electron chi connectivity index (χ3n) is 3.58. The molecule has 1 aliphatic rings. The number of amides is 1. The van der Waals surface area contributed by atoms with Crippen LogP contribution in [-0.2, 0) is 4.79 Å². The minimum atomic E-state index is 0.0647. The number of nitrogens with zero attached hydrogens (tertiary/aromatic N) is 2. The number of benzene rings is 1. The van der Waals surface area contributed by atoms with Gasteiger partial charge in [-0.3, -0.25) is 9.78 Å². The van der Waals surface area contributed by atoms with Crippen LogP contribution in [0.4, 0.5) is 0 Å². The van der Waals surface area contributed by atoms with Crippen LogP contribution < -0.4 is 0 Å². The van der Waals surface area contributed by atoms with E-state index in [4.69, 9.17) is 0 Å². The molecule has 3 rings (SSSR count). The summed E-state index contributed by atoms with van der Waals surface area (Å²) in [6.07, 6.45) is 3.69. The lowest BCUT2D eigenvalue weighted by molar-refractivity contribution is -0.127. The van der Waals surface area contributed by atoms with E-state index < -0.39 is 0 Å². The summed E-state index contributed by atoms with van der Waals surface area (Å²) in [5.74, 6) is 0.755. The minimum Gasteiger partial charge on any atom is -0.326 e. The molecule has 3 nitrogen and oxygen atoms in total. The Morgan fingerprint density at radius 2 is 2.10 bits per heavy atom. The average Bonchev–Trinajstić information content (AvgIpc) is 2.89. The molecule has 1 amide bonds. The van der Waals surface area contributed by atoms with Crippen LogP contribution in [-0.4, -0.2) is 28.1 Å². The average molecular weight is 363 g/mol. The highest BCUT2D eigenvalue weighted by atomic mass is 79.9. The smallest absolute Gasteiger partial charge is 0.233 e. The Bertz CT molecular complexity index is 660. The van der Waals surface area contributed by atoms with Crippen LogP contribution >= 0.6 is 27.7 Å². The van der Waals surface area contributed by atoms with Crippen LogP contribution in [0.2, 0.25) is 0 Å². The first-order valence-electron chi connectivity index (χ1n) is 6.81. The van der Waals surface area contributed by atoms with Crippen molar-refractivity contribution in [2.24, 2.45) is 0 Å². The first kappa shape index (κ1) is 14.6. The fourth-order valence-corrected chi connectivity index (χ4v) is 4.09. The fraction of sp³-hybridized carbons (Fsp3) is 0.250. The summed E-state index contributed by atoms with van der Waals surface area (Å²) in [6, 6.07) is 10.3. The molecule has 1 unspecified atom stereocenters. The molecule has 0 saturated carbocycles. The number of carbonyl (C=O) groups is 1. The van der Waals surface area contributed by atoms with Gasteiger partial charge in [0.15, 0.2) is 0 Å². The molecule has 1 aromatic heterocycles. The molecule has 108 valence electrons. The van der Waals surface area contributed by atoms with E-state index in [2.05, 4.69) is 33.0 Å². The molecule has 0 spiro atoms. The third-order valence-corrected chi connectivity index (χ3v) is 5.35. The summed E-state index contributed by atoms with van der Waals surface area (Å²) >= 11 is 5.14. The highest BCUT2D eigenvalue weighted by Crippen LogP contribution is 2.42. The van der Waals surface area contributed by atoms with Gasteiger partial charge >= 0.3 is 0 Å². The lowest BCUT2D eigenvalue weighted by Crippen LogP contribution is -2.28. The fourth-order valence-electron chi connectivity index (χ4n) is 2.55. The van der Waals surface area contributed by atoms with Crippen molar-refractivity contribution < 1.29 is 4.79 Å². The molecule has 1 aromatic carbocycles. The Morgan fingerprint density at radius 1 is 1.33 bits per heavy atom. The number of rotatable bonds is 3. The van der Waals surface area contributed by atoms with Crippen LogP contribution in [0.5, 0.6) is 0 Å². The van der Waals surface area contributed by atoms with E-state index in [1.165, 1.54) is 0 Å². The monoisotopic (exact) mass is 362 g/mol. The second kappa shape index (κ2) is 6.20. The Labute approximate surface area is 136 Å². The van der Waals surface area contributed by atoms with Gasteiger partial charge < -0.3 is 4.90 Å². The maximum Gasteiger partial charge on any atom is 0.233 e. The molecule has 0 aliphatic carbocycles. The van der Waals surface area contributed by atoms with E-state index in [0.717, 1.165) is 27.7 Å². The van der Waals surface area contributed by atoms with Crippen LogP contribution in [0.1, 0.15) is 17.9 Å².